The molecule has 1 aromatic heterocycles. The van der Waals surface area contributed by atoms with Gasteiger partial charge in [0.1, 0.15) is 0 Å². The molecule has 3 rings (SSSR count). The third-order valence-electron chi connectivity index (χ3n) is 3.22. The summed E-state index contributed by atoms with van der Waals surface area (Å²) in [5.41, 5.74) is 6.19. The summed E-state index contributed by atoms with van der Waals surface area (Å²) in [5, 5.41) is 4.28. The lowest BCUT2D eigenvalue weighted by molar-refractivity contribution is 0.791. The van der Waals surface area contributed by atoms with Crippen LogP contribution >= 0.6 is 22.6 Å². The van der Waals surface area contributed by atoms with Crippen molar-refractivity contribution in [1.82, 2.24) is 9.55 Å². The Labute approximate surface area is 137 Å². The molecule has 0 aliphatic heterocycles. The van der Waals surface area contributed by atoms with Crippen molar-refractivity contribution in [2.45, 2.75) is 13.5 Å². The number of hydrogen-bond donors (Lipinski definition) is 1. The summed E-state index contributed by atoms with van der Waals surface area (Å²) in [6, 6.07) is 16.3. The largest absolute Gasteiger partial charge is 0.309 e. The van der Waals surface area contributed by atoms with Gasteiger partial charge in [0.15, 0.2) is 0 Å². The maximum Gasteiger partial charge on any atom is 0.224 e. The van der Waals surface area contributed by atoms with Crippen LogP contribution in [-0.2, 0) is 6.54 Å². The van der Waals surface area contributed by atoms with Gasteiger partial charge >= 0.3 is 0 Å². The number of aryl methyl sites for hydroxylation is 1. The predicted octanol–water partition coefficient (Wildman–Crippen LogP) is 4.11. The van der Waals surface area contributed by atoms with E-state index in [2.05, 4.69) is 67.8 Å². The van der Waals surface area contributed by atoms with Crippen molar-refractivity contribution >= 4 is 45.8 Å². The average molecular weight is 390 g/mol. The molecule has 0 aliphatic carbocycles. The van der Waals surface area contributed by atoms with Gasteiger partial charge in [-0.05, 0) is 59.3 Å². The van der Waals surface area contributed by atoms with Crippen LogP contribution in [0.5, 0.6) is 0 Å². The summed E-state index contributed by atoms with van der Waals surface area (Å²) in [4.78, 5) is 4.57. The monoisotopic (exact) mass is 390 g/mol. The van der Waals surface area contributed by atoms with E-state index >= 15 is 0 Å². The van der Waals surface area contributed by atoms with Crippen molar-refractivity contribution in [3.8, 4) is 0 Å². The Morgan fingerprint density at radius 3 is 2.71 bits per heavy atom. The number of halogens is 1. The first-order valence-corrected chi connectivity index (χ1v) is 7.85. The number of benzene rings is 2. The SMILES string of the molecule is CCn1c(N/N=C\c2ccc(I)cc2)nc2ccccc21. The molecule has 5 heteroatoms. The number of fused-ring (bicyclic) bond motifs is 1. The van der Waals surface area contributed by atoms with Gasteiger partial charge in [-0.1, -0.05) is 24.3 Å². The molecule has 1 N–H and O–H groups in total. The van der Waals surface area contributed by atoms with Crippen molar-refractivity contribution in [2.75, 3.05) is 5.43 Å². The molecule has 3 aromatic rings. The Morgan fingerprint density at radius 1 is 1.19 bits per heavy atom. The van der Waals surface area contributed by atoms with Gasteiger partial charge in [-0.15, -0.1) is 0 Å². The summed E-state index contributed by atoms with van der Waals surface area (Å²) in [7, 11) is 0. The summed E-state index contributed by atoms with van der Waals surface area (Å²) < 4.78 is 3.33. The molecule has 0 saturated carbocycles. The number of hydrazone groups is 1. The van der Waals surface area contributed by atoms with Crippen LogP contribution in [0.2, 0.25) is 0 Å². The first-order chi connectivity index (χ1) is 10.3. The molecule has 0 unspecified atom stereocenters. The molecule has 2 aromatic carbocycles. The molecular formula is C16H15IN4. The van der Waals surface area contributed by atoms with Gasteiger partial charge < -0.3 is 4.57 Å². The molecule has 0 amide bonds. The van der Waals surface area contributed by atoms with E-state index in [0.717, 1.165) is 29.1 Å². The molecule has 106 valence electrons. The van der Waals surface area contributed by atoms with Crippen LogP contribution in [0.15, 0.2) is 53.6 Å². The van der Waals surface area contributed by atoms with Gasteiger partial charge in [0, 0.05) is 10.1 Å². The molecule has 21 heavy (non-hydrogen) atoms. The summed E-state index contributed by atoms with van der Waals surface area (Å²) in [5.74, 6) is 0.764. The molecule has 0 aliphatic rings. The maximum atomic E-state index is 4.57. The minimum Gasteiger partial charge on any atom is -0.309 e. The molecule has 0 bridgehead atoms. The number of nitrogens with one attached hydrogen (secondary N) is 1. The Morgan fingerprint density at radius 2 is 1.95 bits per heavy atom. The maximum absolute atomic E-state index is 4.57. The summed E-state index contributed by atoms with van der Waals surface area (Å²) >= 11 is 2.29. The quantitative estimate of drug-likeness (QED) is 0.414. The molecular weight excluding hydrogens is 375 g/mol. The molecule has 0 fully saturated rings. The zero-order valence-corrected chi connectivity index (χ0v) is 13.8. The number of aromatic nitrogens is 2. The second-order valence-corrected chi connectivity index (χ2v) is 5.84. The van der Waals surface area contributed by atoms with Gasteiger partial charge in [-0.25, -0.2) is 10.4 Å². The third-order valence-corrected chi connectivity index (χ3v) is 3.94. The number of hydrogen-bond acceptors (Lipinski definition) is 3. The molecule has 1 heterocycles. The number of para-hydroxylation sites is 2. The van der Waals surface area contributed by atoms with Gasteiger partial charge in [0.05, 0.1) is 17.2 Å². The Kier molecular flexibility index (Phi) is 4.19. The highest BCUT2D eigenvalue weighted by Crippen LogP contribution is 2.19. The Hall–Kier alpha value is -1.89. The fraction of sp³-hybridized carbons (Fsp3) is 0.125. The van der Waals surface area contributed by atoms with E-state index in [1.54, 1.807) is 6.21 Å². The minimum absolute atomic E-state index is 0.764. The lowest BCUT2D eigenvalue weighted by atomic mass is 10.2. The highest BCUT2D eigenvalue weighted by atomic mass is 127. The van der Waals surface area contributed by atoms with Crippen LogP contribution in [0.3, 0.4) is 0 Å². The van der Waals surface area contributed by atoms with E-state index < -0.39 is 0 Å². The Balaban J connectivity index is 1.83. The van der Waals surface area contributed by atoms with Gasteiger partial charge in [-0.2, -0.15) is 5.10 Å². The first-order valence-electron chi connectivity index (χ1n) is 6.78. The minimum atomic E-state index is 0.764. The van der Waals surface area contributed by atoms with Crippen molar-refractivity contribution in [1.29, 1.82) is 0 Å². The van der Waals surface area contributed by atoms with Crippen LogP contribution in [0.25, 0.3) is 11.0 Å². The fourth-order valence-electron chi connectivity index (χ4n) is 2.19. The standard InChI is InChI=1S/C16H15IN4/c1-2-21-15-6-4-3-5-14(15)19-16(21)20-18-11-12-7-9-13(17)10-8-12/h3-11H,2H2,1H3,(H,19,20)/b18-11-. The first kappa shape index (κ1) is 14.1. The number of rotatable bonds is 4. The van der Waals surface area contributed by atoms with Crippen molar-refractivity contribution in [3.05, 3.63) is 57.7 Å². The van der Waals surface area contributed by atoms with E-state index in [0.29, 0.717) is 0 Å². The molecule has 0 radical (unpaired) electrons. The smallest absolute Gasteiger partial charge is 0.224 e. The van der Waals surface area contributed by atoms with Gasteiger partial charge in [0.2, 0.25) is 5.95 Å². The lowest BCUT2D eigenvalue weighted by Crippen LogP contribution is -2.01. The zero-order valence-electron chi connectivity index (χ0n) is 11.6. The third kappa shape index (κ3) is 3.07. The van der Waals surface area contributed by atoms with Crippen LogP contribution in [0.4, 0.5) is 5.95 Å². The van der Waals surface area contributed by atoms with E-state index in [4.69, 9.17) is 0 Å². The lowest BCUT2D eigenvalue weighted by Gasteiger charge is -2.04. The van der Waals surface area contributed by atoms with Crippen molar-refractivity contribution < 1.29 is 0 Å². The zero-order chi connectivity index (χ0) is 14.7. The van der Waals surface area contributed by atoms with E-state index in [1.807, 2.05) is 30.3 Å². The number of anilines is 1. The van der Waals surface area contributed by atoms with Gasteiger partial charge in [-0.3, -0.25) is 0 Å². The molecule has 0 spiro atoms. The van der Waals surface area contributed by atoms with E-state index in [1.165, 1.54) is 3.57 Å². The van der Waals surface area contributed by atoms with E-state index in [9.17, 15) is 0 Å². The van der Waals surface area contributed by atoms with Crippen LogP contribution in [0.1, 0.15) is 12.5 Å². The van der Waals surface area contributed by atoms with Crippen LogP contribution in [-0.4, -0.2) is 15.8 Å². The number of nitrogens with zero attached hydrogens (tertiary/aromatic N) is 3. The number of imidazole rings is 1. The van der Waals surface area contributed by atoms with Crippen molar-refractivity contribution in [2.24, 2.45) is 5.10 Å². The van der Waals surface area contributed by atoms with Crippen LogP contribution < -0.4 is 5.43 Å². The van der Waals surface area contributed by atoms with Crippen LogP contribution in [0, 0.1) is 3.57 Å². The summed E-state index contributed by atoms with van der Waals surface area (Å²) in [6.45, 7) is 2.95. The summed E-state index contributed by atoms with van der Waals surface area (Å²) in [6.07, 6.45) is 1.80. The second-order valence-electron chi connectivity index (χ2n) is 4.59. The molecule has 0 atom stereocenters. The normalized spacial score (nSPS) is 11.3. The Bertz CT molecular complexity index is 775. The van der Waals surface area contributed by atoms with Crippen molar-refractivity contribution in [3.63, 3.8) is 0 Å². The van der Waals surface area contributed by atoms with E-state index in [-0.39, 0.29) is 0 Å². The topological polar surface area (TPSA) is 42.2 Å². The predicted molar refractivity (Wildman–Crippen MR) is 95.8 cm³/mol. The second kappa shape index (κ2) is 6.26. The molecule has 4 nitrogen and oxygen atoms in total. The van der Waals surface area contributed by atoms with Gasteiger partial charge in [0.25, 0.3) is 0 Å². The molecule has 0 saturated heterocycles. The highest BCUT2D eigenvalue weighted by Gasteiger charge is 2.07. The highest BCUT2D eigenvalue weighted by molar-refractivity contribution is 14.1. The average Bonchev–Trinajstić information content (AvgIpc) is 2.86. The fourth-order valence-corrected chi connectivity index (χ4v) is 2.55.